The molecule has 1 atom stereocenters. The van der Waals surface area contributed by atoms with Gasteiger partial charge in [0, 0.05) is 22.5 Å². The second-order valence-electron chi connectivity index (χ2n) is 3.06. The first-order valence-electron chi connectivity index (χ1n) is 4.63. The van der Waals surface area contributed by atoms with E-state index in [0.29, 0.717) is 5.56 Å². The van der Waals surface area contributed by atoms with Gasteiger partial charge in [0.25, 0.3) is 0 Å². The fourth-order valence-corrected chi connectivity index (χ4v) is 2.30. The molecule has 0 radical (unpaired) electrons. The summed E-state index contributed by atoms with van der Waals surface area (Å²) in [5.41, 5.74) is 0.954. The van der Waals surface area contributed by atoms with Gasteiger partial charge in [-0.15, -0.1) is 0 Å². The Kier molecular flexibility index (Phi) is 3.16. The van der Waals surface area contributed by atoms with Crippen LogP contribution in [0.4, 0.5) is 0 Å². The standard InChI is InChI=1S/C11H10N2O2S/c14-11(15)10(8-16-12-6-7-13-16)9-4-2-1-3-5-9/h1-8H,(H,12,13)(H,14,15). The molecule has 0 fully saturated rings. The van der Waals surface area contributed by atoms with Gasteiger partial charge in [0.2, 0.25) is 0 Å². The van der Waals surface area contributed by atoms with Crippen LogP contribution >= 0.6 is 0 Å². The number of aliphatic carboxylic acids is 1. The van der Waals surface area contributed by atoms with E-state index in [9.17, 15) is 4.79 Å². The van der Waals surface area contributed by atoms with E-state index in [4.69, 9.17) is 5.11 Å². The Morgan fingerprint density at radius 1 is 1.38 bits per heavy atom. The smallest absolute Gasteiger partial charge is 0.336 e. The molecule has 2 N–H and O–H groups in total. The number of nitrogens with one attached hydrogen (secondary N) is 1. The largest absolute Gasteiger partial charge is 0.478 e. The minimum atomic E-state index is -0.942. The summed E-state index contributed by atoms with van der Waals surface area (Å²) in [6, 6.07) is 9.02. The summed E-state index contributed by atoms with van der Waals surface area (Å²) in [6.07, 6.45) is 3.33. The van der Waals surface area contributed by atoms with Crippen molar-refractivity contribution in [1.29, 1.82) is 0 Å². The summed E-state index contributed by atoms with van der Waals surface area (Å²) in [6.45, 7) is 0. The van der Waals surface area contributed by atoms with Crippen LogP contribution in [-0.4, -0.2) is 11.1 Å². The molecule has 0 saturated heterocycles. The summed E-state index contributed by atoms with van der Waals surface area (Å²) < 4.78 is 7.03. The Balaban J connectivity index is 2.35. The zero-order valence-corrected chi connectivity index (χ0v) is 9.15. The highest BCUT2D eigenvalue weighted by Gasteiger charge is 2.11. The lowest BCUT2D eigenvalue weighted by Gasteiger charge is -2.03. The molecule has 0 spiro atoms. The van der Waals surface area contributed by atoms with Gasteiger partial charge in [-0.25, -0.2) is 9.16 Å². The molecule has 0 aliphatic carbocycles. The van der Waals surface area contributed by atoms with Crippen LogP contribution in [0.2, 0.25) is 0 Å². The zero-order chi connectivity index (χ0) is 11.4. The maximum atomic E-state index is 11.1. The molecule has 0 bridgehead atoms. The van der Waals surface area contributed by atoms with Gasteiger partial charge in [-0.1, -0.05) is 30.3 Å². The van der Waals surface area contributed by atoms with E-state index in [-0.39, 0.29) is 5.57 Å². The highest BCUT2D eigenvalue weighted by Crippen LogP contribution is 2.15. The van der Waals surface area contributed by atoms with Gasteiger partial charge in [-0.2, -0.15) is 0 Å². The van der Waals surface area contributed by atoms with Crippen molar-refractivity contribution in [2.75, 3.05) is 0 Å². The number of hydrogen-bond acceptors (Lipinski definition) is 3. The quantitative estimate of drug-likeness (QED) is 0.785. The van der Waals surface area contributed by atoms with Crippen LogP contribution in [0.25, 0.3) is 5.57 Å². The lowest BCUT2D eigenvalue weighted by molar-refractivity contribution is -0.130. The summed E-state index contributed by atoms with van der Waals surface area (Å²) in [5, 5.41) is 10.8. The number of carboxylic acids is 1. The number of carbonyl (C=O) groups is 1. The molecular weight excluding hydrogens is 224 g/mol. The third kappa shape index (κ3) is 2.38. The Morgan fingerprint density at radius 3 is 2.69 bits per heavy atom. The van der Waals surface area contributed by atoms with Crippen molar-refractivity contribution < 1.29 is 9.90 Å². The molecule has 0 saturated carbocycles. The molecule has 5 heteroatoms. The molecular formula is C11H10N2O2S. The predicted molar refractivity (Wildman–Crippen MR) is 64.1 cm³/mol. The number of benzene rings is 1. The number of rotatable bonds is 3. The Morgan fingerprint density at radius 2 is 2.12 bits per heavy atom. The third-order valence-electron chi connectivity index (χ3n) is 1.98. The first kappa shape index (κ1) is 10.6. The van der Waals surface area contributed by atoms with Crippen molar-refractivity contribution in [3.63, 3.8) is 0 Å². The van der Waals surface area contributed by atoms with Crippen molar-refractivity contribution in [2.24, 2.45) is 4.36 Å². The molecule has 0 amide bonds. The topological polar surface area (TPSA) is 61.7 Å². The number of hydrogen-bond donors (Lipinski definition) is 2. The van der Waals surface area contributed by atoms with Crippen molar-refractivity contribution in [3.05, 3.63) is 53.7 Å². The van der Waals surface area contributed by atoms with Crippen molar-refractivity contribution in [1.82, 2.24) is 4.72 Å². The fourth-order valence-electron chi connectivity index (χ4n) is 1.26. The van der Waals surface area contributed by atoms with Gasteiger partial charge in [-0.05, 0) is 5.56 Å². The monoisotopic (exact) mass is 234 g/mol. The SMILES string of the molecule is O=C(O)C(=CS1=NC=CN1)c1ccccc1. The first-order valence-corrected chi connectivity index (χ1v) is 5.87. The summed E-state index contributed by atoms with van der Waals surface area (Å²) in [5.74, 6) is -0.942. The van der Waals surface area contributed by atoms with Crippen LogP contribution in [0.3, 0.4) is 0 Å². The van der Waals surface area contributed by atoms with Crippen LogP contribution in [0.15, 0.2) is 52.5 Å². The van der Waals surface area contributed by atoms with E-state index < -0.39 is 16.8 Å². The predicted octanol–water partition coefficient (Wildman–Crippen LogP) is 1.90. The third-order valence-corrected chi connectivity index (χ3v) is 3.17. The molecule has 2 rings (SSSR count). The van der Waals surface area contributed by atoms with E-state index in [1.807, 2.05) is 18.2 Å². The van der Waals surface area contributed by atoms with Gasteiger partial charge < -0.3 is 9.83 Å². The number of nitrogens with zero attached hydrogens (tertiary/aromatic N) is 1. The van der Waals surface area contributed by atoms with Crippen LogP contribution in [-0.2, 0) is 15.7 Å². The Hall–Kier alpha value is -1.88. The molecule has 4 nitrogen and oxygen atoms in total. The molecule has 1 aromatic carbocycles. The molecule has 1 heterocycles. The van der Waals surface area contributed by atoms with Gasteiger partial charge in [0.05, 0.1) is 11.8 Å². The molecule has 1 aliphatic rings. The maximum Gasteiger partial charge on any atom is 0.336 e. The summed E-state index contributed by atoms with van der Waals surface area (Å²) >= 11 is 0. The summed E-state index contributed by atoms with van der Waals surface area (Å²) in [4.78, 5) is 11.1. The van der Waals surface area contributed by atoms with Crippen molar-refractivity contribution in [3.8, 4) is 0 Å². The first-order chi connectivity index (χ1) is 7.77. The average molecular weight is 234 g/mol. The Labute approximate surface area is 95.5 Å². The van der Waals surface area contributed by atoms with Crippen LogP contribution in [0.1, 0.15) is 5.56 Å². The second-order valence-corrected chi connectivity index (χ2v) is 4.37. The molecule has 16 heavy (non-hydrogen) atoms. The molecule has 82 valence electrons. The van der Waals surface area contributed by atoms with Crippen LogP contribution < -0.4 is 4.72 Å². The highest BCUT2D eigenvalue weighted by atomic mass is 32.2. The second kappa shape index (κ2) is 4.76. The van der Waals surface area contributed by atoms with E-state index in [0.717, 1.165) is 0 Å². The van der Waals surface area contributed by atoms with Gasteiger partial charge >= 0.3 is 5.97 Å². The Bertz CT molecular complexity index is 492. The normalized spacial score (nSPS) is 19.0. The molecule has 1 unspecified atom stereocenters. The lowest BCUT2D eigenvalue weighted by atomic mass is 10.1. The van der Waals surface area contributed by atoms with Gasteiger partial charge in [0.15, 0.2) is 0 Å². The molecule has 1 aromatic rings. The lowest BCUT2D eigenvalue weighted by Crippen LogP contribution is -2.06. The van der Waals surface area contributed by atoms with Crippen LogP contribution in [0, 0.1) is 0 Å². The van der Waals surface area contributed by atoms with Crippen molar-refractivity contribution in [2.45, 2.75) is 0 Å². The zero-order valence-electron chi connectivity index (χ0n) is 8.33. The van der Waals surface area contributed by atoms with Crippen LogP contribution in [0.5, 0.6) is 0 Å². The summed E-state index contributed by atoms with van der Waals surface area (Å²) in [7, 11) is -0.557. The van der Waals surface area contributed by atoms with Gasteiger partial charge in [-0.3, -0.25) is 0 Å². The van der Waals surface area contributed by atoms with Crippen molar-refractivity contribution >= 4 is 22.4 Å². The minimum Gasteiger partial charge on any atom is -0.478 e. The van der Waals surface area contributed by atoms with E-state index in [1.54, 1.807) is 29.9 Å². The maximum absolute atomic E-state index is 11.1. The molecule has 1 aliphatic heterocycles. The van der Waals surface area contributed by atoms with E-state index in [1.165, 1.54) is 0 Å². The van der Waals surface area contributed by atoms with E-state index >= 15 is 0 Å². The van der Waals surface area contributed by atoms with Gasteiger partial charge in [0.1, 0.15) is 0 Å². The minimum absolute atomic E-state index is 0.267. The average Bonchev–Trinajstić information content (AvgIpc) is 2.79. The fraction of sp³-hybridized carbons (Fsp3) is 0. The van der Waals surface area contributed by atoms with E-state index in [2.05, 4.69) is 9.08 Å². The molecule has 0 aromatic heterocycles. The highest BCUT2D eigenvalue weighted by molar-refractivity contribution is 7.88. The number of carboxylic acid groups (broad SMARTS) is 1.